The number of carbonyl (C=O) groups is 3. The van der Waals surface area contributed by atoms with E-state index in [1.807, 2.05) is 0 Å². The first-order chi connectivity index (χ1) is 20.3. The fraction of sp³-hybridized carbons (Fsp3) is 0.182. The predicted octanol–water partition coefficient (Wildman–Crippen LogP) is 0.406. The molecule has 5 heterocycles. The third-order valence-electron chi connectivity index (χ3n) is 5.90. The van der Waals surface area contributed by atoms with Crippen molar-refractivity contribution in [3.63, 3.8) is 0 Å². The minimum absolute atomic E-state index is 0.0655. The molecule has 0 spiro atoms. The summed E-state index contributed by atoms with van der Waals surface area (Å²) in [6.45, 7) is 0. The van der Waals surface area contributed by atoms with Gasteiger partial charge in [-0.15, -0.1) is 38.4 Å². The first-order valence-electron chi connectivity index (χ1n) is 11.8. The van der Waals surface area contributed by atoms with Crippen molar-refractivity contribution in [1.29, 1.82) is 0 Å². The maximum atomic E-state index is 13.2. The normalized spacial score (nSPS) is 18.5. The van der Waals surface area contributed by atoms with Gasteiger partial charge in [0.25, 0.3) is 11.8 Å². The molecular weight excluding hydrogens is 614 g/mol. The van der Waals surface area contributed by atoms with Crippen molar-refractivity contribution >= 4 is 69.3 Å². The zero-order valence-corrected chi connectivity index (χ0v) is 23.3. The van der Waals surface area contributed by atoms with Crippen LogP contribution in [-0.4, -0.2) is 91.0 Å². The summed E-state index contributed by atoms with van der Waals surface area (Å²) in [5.41, 5.74) is 6.12. The van der Waals surface area contributed by atoms with Gasteiger partial charge in [0.15, 0.2) is 16.5 Å². The van der Waals surface area contributed by atoms with Gasteiger partial charge in [0.05, 0.1) is 0 Å². The van der Waals surface area contributed by atoms with Crippen LogP contribution >= 0.6 is 35.1 Å². The van der Waals surface area contributed by atoms with Crippen molar-refractivity contribution < 1.29 is 28.7 Å². The number of nitrogens with zero attached hydrogens (tertiary/aromatic N) is 9. The van der Waals surface area contributed by atoms with Crippen molar-refractivity contribution in [1.82, 2.24) is 44.8 Å². The van der Waals surface area contributed by atoms with E-state index < -0.39 is 35.0 Å². The number of oxime groups is 1. The van der Waals surface area contributed by atoms with Crippen molar-refractivity contribution in [2.24, 2.45) is 5.16 Å². The number of nitrogen functional groups attached to an aromatic ring is 1. The summed E-state index contributed by atoms with van der Waals surface area (Å²) in [5.74, 6) is -2.69. The molecule has 16 nitrogen and oxygen atoms in total. The fourth-order valence-electron chi connectivity index (χ4n) is 3.98. The number of halogens is 1. The number of carbonyl (C=O) groups excluding carboxylic acids is 2. The largest absolute Gasteiger partial charge is 0.477 e. The lowest BCUT2D eigenvalue weighted by atomic mass is 10.0. The first kappa shape index (κ1) is 27.5. The maximum absolute atomic E-state index is 13.2. The zero-order chi connectivity index (χ0) is 29.4. The number of rotatable bonds is 9. The molecule has 42 heavy (non-hydrogen) atoms. The Bertz CT molecular complexity index is 1780. The summed E-state index contributed by atoms with van der Waals surface area (Å²) in [6, 6.07) is 7.24. The van der Waals surface area contributed by atoms with E-state index >= 15 is 0 Å². The molecule has 4 aromatic rings. The first-order valence-corrected chi connectivity index (χ1v) is 14.6. The molecular formula is C22H16FN11O5S3. The molecule has 214 valence electrons. The molecule has 1 fully saturated rings. The van der Waals surface area contributed by atoms with Gasteiger partial charge in [-0.3, -0.25) is 14.5 Å². The fourth-order valence-corrected chi connectivity index (χ4v) is 6.75. The van der Waals surface area contributed by atoms with E-state index in [0.29, 0.717) is 22.0 Å². The number of thioether (sulfide) groups is 2. The smallest absolute Gasteiger partial charge is 0.352 e. The Morgan fingerprint density at radius 2 is 2.07 bits per heavy atom. The van der Waals surface area contributed by atoms with Gasteiger partial charge >= 0.3 is 5.97 Å². The van der Waals surface area contributed by atoms with Crippen molar-refractivity contribution in [2.75, 3.05) is 17.2 Å². The lowest BCUT2D eigenvalue weighted by Crippen LogP contribution is -2.71. The second-order valence-corrected chi connectivity index (χ2v) is 11.4. The van der Waals surface area contributed by atoms with Gasteiger partial charge in [-0.1, -0.05) is 5.16 Å². The Balaban J connectivity index is 1.18. The summed E-state index contributed by atoms with van der Waals surface area (Å²) in [5, 5.41) is 31.6. The highest BCUT2D eigenvalue weighted by Crippen LogP contribution is 2.41. The van der Waals surface area contributed by atoms with E-state index in [9.17, 15) is 23.9 Å². The van der Waals surface area contributed by atoms with Gasteiger partial charge in [0.2, 0.25) is 11.5 Å². The molecule has 6 rings (SSSR count). The lowest BCUT2D eigenvalue weighted by Gasteiger charge is -2.49. The van der Waals surface area contributed by atoms with E-state index in [-0.39, 0.29) is 33.9 Å². The molecule has 0 aliphatic carbocycles. The number of β-lactam (4-membered cyclic amide) rings is 1. The van der Waals surface area contributed by atoms with Crippen molar-refractivity contribution in [3.05, 3.63) is 59.3 Å². The summed E-state index contributed by atoms with van der Waals surface area (Å²) >= 11 is 3.39. The van der Waals surface area contributed by atoms with Crippen LogP contribution in [0.3, 0.4) is 0 Å². The van der Waals surface area contributed by atoms with E-state index in [4.69, 9.17) is 10.6 Å². The molecule has 1 aromatic carbocycles. The van der Waals surface area contributed by atoms with Crippen LogP contribution in [0.25, 0.3) is 5.65 Å². The molecule has 0 saturated carbocycles. The number of fused-ring (bicyclic) bond motifs is 2. The predicted molar refractivity (Wildman–Crippen MR) is 147 cm³/mol. The SMILES string of the molecule is Nc1nc(C(=NOc2ccc(F)cc2)C(=O)NC2C(=O)N3C(C(=O)O)=C(CSc4ccc5nnnn5n4)CS[C@H]23)ns1. The number of nitrogens with two attached hydrogens (primary N) is 1. The number of benzene rings is 1. The summed E-state index contributed by atoms with van der Waals surface area (Å²) in [7, 11) is 0. The molecule has 2 amide bonds. The molecule has 20 heteroatoms. The number of amides is 2. The number of hydrogen-bond donors (Lipinski definition) is 3. The number of nitrogens with one attached hydrogen (secondary N) is 1. The van der Waals surface area contributed by atoms with Crippen molar-refractivity contribution in [3.8, 4) is 5.75 Å². The Morgan fingerprint density at radius 3 is 2.81 bits per heavy atom. The topological polar surface area (TPSA) is 216 Å². The zero-order valence-electron chi connectivity index (χ0n) is 20.8. The number of hydrogen-bond acceptors (Lipinski definition) is 15. The van der Waals surface area contributed by atoms with E-state index in [1.165, 1.54) is 40.3 Å². The second kappa shape index (κ2) is 11.3. The molecule has 0 bridgehead atoms. The molecule has 0 radical (unpaired) electrons. The number of anilines is 1. The van der Waals surface area contributed by atoms with E-state index in [2.05, 4.69) is 40.5 Å². The monoisotopic (exact) mass is 629 g/mol. The van der Waals surface area contributed by atoms with E-state index in [0.717, 1.165) is 28.6 Å². The van der Waals surface area contributed by atoms with Crippen LogP contribution in [0.5, 0.6) is 5.75 Å². The van der Waals surface area contributed by atoms with Gasteiger partial charge in [0, 0.05) is 23.0 Å². The molecule has 2 aliphatic heterocycles. The standard InChI is InChI=1S/C22H16FN11O5S3/c23-10-1-3-11(4-2-10)39-29-14(17-26-22(24)42-30-17)18(35)25-15-19(36)33-16(21(37)38)9(8-41-20(15)33)7-40-13-6-5-12-27-31-32-34(12)28-13/h1-6,15,20H,7-8H2,(H,25,35)(H,37,38)(H2,24,26,30)/t15?,20-/m1/s1. The maximum Gasteiger partial charge on any atom is 0.352 e. The van der Waals surface area contributed by atoms with Crippen LogP contribution in [0.15, 0.2) is 57.9 Å². The average molecular weight is 630 g/mol. The van der Waals surface area contributed by atoms with Gasteiger partial charge in [0.1, 0.15) is 28.0 Å². The van der Waals surface area contributed by atoms with Gasteiger partial charge in [-0.2, -0.15) is 9.36 Å². The molecule has 4 N–H and O–H groups in total. The number of aromatic nitrogens is 7. The second-order valence-electron chi connectivity index (χ2n) is 8.55. The minimum Gasteiger partial charge on any atom is -0.477 e. The number of aliphatic carboxylic acids is 1. The highest BCUT2D eigenvalue weighted by molar-refractivity contribution is 8.01. The minimum atomic E-state index is -1.27. The number of tetrazole rings is 1. The summed E-state index contributed by atoms with van der Waals surface area (Å²) < 4.78 is 18.5. The van der Waals surface area contributed by atoms with Gasteiger partial charge in [-0.25, -0.2) is 9.18 Å². The van der Waals surface area contributed by atoms with Crippen LogP contribution in [0, 0.1) is 5.82 Å². The quantitative estimate of drug-likeness (QED) is 0.0989. The van der Waals surface area contributed by atoms with E-state index in [1.54, 1.807) is 12.1 Å². The number of carboxylic acids is 1. The third-order valence-corrected chi connectivity index (χ3v) is 8.79. The van der Waals surface area contributed by atoms with Crippen LogP contribution in [0.2, 0.25) is 0 Å². The van der Waals surface area contributed by atoms with Crippen LogP contribution in [0.1, 0.15) is 5.82 Å². The Kier molecular flexibility index (Phi) is 7.39. The molecule has 1 saturated heterocycles. The van der Waals surface area contributed by atoms with Gasteiger partial charge < -0.3 is 21.0 Å². The highest BCUT2D eigenvalue weighted by atomic mass is 32.2. The van der Waals surface area contributed by atoms with Gasteiger partial charge in [-0.05, 0) is 52.4 Å². The highest BCUT2D eigenvalue weighted by Gasteiger charge is 2.54. The average Bonchev–Trinajstić information content (AvgIpc) is 3.63. The third kappa shape index (κ3) is 5.33. The Hall–Kier alpha value is -4.69. The van der Waals surface area contributed by atoms with Crippen LogP contribution in [-0.2, 0) is 14.4 Å². The molecule has 3 aromatic heterocycles. The molecule has 1 unspecified atom stereocenters. The Labute approximate surface area is 246 Å². The van der Waals surface area contributed by atoms with Crippen LogP contribution in [0.4, 0.5) is 9.52 Å². The van der Waals surface area contributed by atoms with Crippen molar-refractivity contribution in [2.45, 2.75) is 16.4 Å². The van der Waals surface area contributed by atoms with Crippen LogP contribution < -0.4 is 15.9 Å². The lowest BCUT2D eigenvalue weighted by molar-refractivity contribution is -0.150. The number of carboxylic acid groups (broad SMARTS) is 1. The Morgan fingerprint density at radius 1 is 1.26 bits per heavy atom. The molecule has 2 aliphatic rings. The summed E-state index contributed by atoms with van der Waals surface area (Å²) in [6.07, 6.45) is 0. The summed E-state index contributed by atoms with van der Waals surface area (Å²) in [4.78, 5) is 49.0. The molecule has 2 atom stereocenters.